The van der Waals surface area contributed by atoms with Gasteiger partial charge >= 0.3 is 6.18 Å². The molecule has 20 heavy (non-hydrogen) atoms. The minimum atomic E-state index is -4.51. The number of imidazole rings is 1. The number of methoxy groups -OCH3 is 1. The second-order valence-corrected chi connectivity index (χ2v) is 4.02. The second-order valence-electron chi connectivity index (χ2n) is 4.02. The zero-order valence-electron chi connectivity index (χ0n) is 10.5. The Bertz CT molecular complexity index is 638. The molecule has 0 saturated carbocycles. The van der Waals surface area contributed by atoms with E-state index in [1.807, 2.05) is 6.07 Å². The summed E-state index contributed by atoms with van der Waals surface area (Å²) >= 11 is 0. The molecule has 0 N–H and O–H groups in total. The number of alkyl halides is 3. The van der Waals surface area contributed by atoms with Gasteiger partial charge in [-0.1, -0.05) is 0 Å². The molecule has 0 saturated heterocycles. The van der Waals surface area contributed by atoms with Crippen LogP contribution < -0.4 is 0 Å². The van der Waals surface area contributed by atoms with E-state index in [2.05, 4.69) is 4.98 Å². The van der Waals surface area contributed by atoms with Gasteiger partial charge in [0.2, 0.25) is 0 Å². The first-order valence-electron chi connectivity index (χ1n) is 5.59. The quantitative estimate of drug-likeness (QED) is 0.868. The minimum absolute atomic E-state index is 0.0432. The molecule has 0 unspecified atom stereocenters. The predicted molar refractivity (Wildman–Crippen MR) is 64.4 cm³/mol. The zero-order valence-corrected chi connectivity index (χ0v) is 10.5. The molecule has 0 amide bonds. The number of nitrogens with zero attached hydrogens (tertiary/aromatic N) is 3. The number of ether oxygens (including phenoxy) is 1. The molecule has 1 aromatic heterocycles. The van der Waals surface area contributed by atoms with E-state index in [0.29, 0.717) is 11.1 Å². The van der Waals surface area contributed by atoms with Gasteiger partial charge in [0.15, 0.2) is 5.69 Å². The van der Waals surface area contributed by atoms with E-state index in [1.165, 1.54) is 23.8 Å². The predicted octanol–water partition coefficient (Wildman–Crippen LogP) is 3.04. The topological polar surface area (TPSA) is 50.8 Å². The lowest BCUT2D eigenvalue weighted by molar-refractivity contribution is -0.141. The molecule has 1 heterocycles. The van der Waals surface area contributed by atoms with Gasteiger partial charge in [0, 0.05) is 18.9 Å². The summed E-state index contributed by atoms with van der Waals surface area (Å²) in [6.07, 6.45) is -3.61. The van der Waals surface area contributed by atoms with E-state index in [4.69, 9.17) is 10.00 Å². The second kappa shape index (κ2) is 5.35. The van der Waals surface area contributed by atoms with Crippen LogP contribution in [0.4, 0.5) is 13.2 Å². The Morgan fingerprint density at radius 2 is 1.95 bits per heavy atom. The summed E-state index contributed by atoms with van der Waals surface area (Å²) in [6.45, 7) is -0.0432. The van der Waals surface area contributed by atoms with E-state index in [9.17, 15) is 13.2 Å². The van der Waals surface area contributed by atoms with Gasteiger partial charge in [0.1, 0.15) is 12.6 Å². The van der Waals surface area contributed by atoms with E-state index >= 15 is 0 Å². The van der Waals surface area contributed by atoms with Gasteiger partial charge in [-0.2, -0.15) is 18.4 Å². The zero-order chi connectivity index (χ0) is 14.8. The third-order valence-electron chi connectivity index (χ3n) is 2.61. The number of halogens is 3. The van der Waals surface area contributed by atoms with Crippen molar-refractivity contribution >= 4 is 0 Å². The first kappa shape index (κ1) is 14.1. The Kier molecular flexibility index (Phi) is 3.77. The third-order valence-corrected chi connectivity index (χ3v) is 2.61. The van der Waals surface area contributed by atoms with Crippen molar-refractivity contribution in [1.29, 1.82) is 5.26 Å². The van der Waals surface area contributed by atoms with Crippen molar-refractivity contribution in [3.05, 3.63) is 41.7 Å². The Morgan fingerprint density at radius 1 is 1.30 bits per heavy atom. The van der Waals surface area contributed by atoms with Gasteiger partial charge in [0.05, 0.1) is 11.6 Å². The van der Waals surface area contributed by atoms with Gasteiger partial charge in [-0.3, -0.25) is 0 Å². The molecule has 4 nitrogen and oxygen atoms in total. The molecule has 0 spiro atoms. The maximum atomic E-state index is 12.7. The van der Waals surface area contributed by atoms with Gasteiger partial charge in [-0.25, -0.2) is 4.98 Å². The molecule has 104 valence electrons. The molecule has 0 bridgehead atoms. The van der Waals surface area contributed by atoms with Crippen molar-refractivity contribution in [1.82, 2.24) is 9.55 Å². The molecule has 0 atom stereocenters. The fourth-order valence-electron chi connectivity index (χ4n) is 1.71. The number of hydrogen-bond donors (Lipinski definition) is 0. The van der Waals surface area contributed by atoms with Crippen molar-refractivity contribution in [3.8, 4) is 17.5 Å². The molecule has 0 aliphatic heterocycles. The summed E-state index contributed by atoms with van der Waals surface area (Å²) in [4.78, 5) is 3.60. The monoisotopic (exact) mass is 281 g/mol. The lowest BCUT2D eigenvalue weighted by Gasteiger charge is -2.05. The molecular weight excluding hydrogens is 271 g/mol. The molecular formula is C13H10F3N3O. The van der Waals surface area contributed by atoms with Crippen LogP contribution >= 0.6 is 0 Å². The van der Waals surface area contributed by atoms with Crippen LogP contribution in [0.2, 0.25) is 0 Å². The maximum absolute atomic E-state index is 12.7. The van der Waals surface area contributed by atoms with Crippen molar-refractivity contribution in [3.63, 3.8) is 0 Å². The van der Waals surface area contributed by atoms with E-state index in [0.717, 1.165) is 6.20 Å². The molecule has 0 fully saturated rings. The lowest BCUT2D eigenvalue weighted by atomic mass is 10.1. The Hall–Kier alpha value is -2.33. The van der Waals surface area contributed by atoms with E-state index in [1.54, 1.807) is 12.1 Å². The third kappa shape index (κ3) is 2.81. The van der Waals surface area contributed by atoms with Crippen LogP contribution in [0.3, 0.4) is 0 Å². The summed E-state index contributed by atoms with van der Waals surface area (Å²) in [6, 6.07) is 8.09. The van der Waals surface area contributed by atoms with Crippen molar-refractivity contribution in [2.45, 2.75) is 12.9 Å². The first-order valence-corrected chi connectivity index (χ1v) is 5.59. The lowest BCUT2D eigenvalue weighted by Crippen LogP contribution is -2.05. The van der Waals surface area contributed by atoms with Crippen molar-refractivity contribution in [2.24, 2.45) is 0 Å². The molecule has 2 aromatic rings. The van der Waals surface area contributed by atoms with Gasteiger partial charge < -0.3 is 9.30 Å². The molecule has 0 aliphatic carbocycles. The largest absolute Gasteiger partial charge is 0.434 e. The highest BCUT2D eigenvalue weighted by atomic mass is 19.4. The van der Waals surface area contributed by atoms with Crippen LogP contribution in [-0.4, -0.2) is 16.7 Å². The molecule has 2 rings (SSSR count). The highest BCUT2D eigenvalue weighted by Gasteiger charge is 2.34. The number of rotatable bonds is 3. The van der Waals surface area contributed by atoms with Crippen molar-refractivity contribution < 1.29 is 17.9 Å². The maximum Gasteiger partial charge on any atom is 0.434 e. The Labute approximate surface area is 113 Å². The summed E-state index contributed by atoms with van der Waals surface area (Å²) in [5, 5.41) is 8.71. The summed E-state index contributed by atoms with van der Waals surface area (Å²) < 4.78 is 44.2. The van der Waals surface area contributed by atoms with Crippen molar-refractivity contribution in [2.75, 3.05) is 7.11 Å². The van der Waals surface area contributed by atoms with Crippen LogP contribution in [0.15, 0.2) is 30.5 Å². The van der Waals surface area contributed by atoms with E-state index in [-0.39, 0.29) is 12.6 Å². The molecule has 7 heteroatoms. The summed E-state index contributed by atoms with van der Waals surface area (Å²) in [5.41, 5.74) is -0.0693. The number of aromatic nitrogens is 2. The average molecular weight is 281 g/mol. The normalized spacial score (nSPS) is 11.3. The Balaban J connectivity index is 2.48. The van der Waals surface area contributed by atoms with Gasteiger partial charge in [-0.15, -0.1) is 0 Å². The summed E-state index contributed by atoms with van der Waals surface area (Å²) in [7, 11) is 1.38. The van der Waals surface area contributed by atoms with Crippen LogP contribution in [0.25, 0.3) is 11.4 Å². The first-order chi connectivity index (χ1) is 9.45. The smallest absolute Gasteiger partial charge is 0.364 e. The van der Waals surface area contributed by atoms with Gasteiger partial charge in [-0.05, 0) is 24.3 Å². The van der Waals surface area contributed by atoms with E-state index < -0.39 is 11.9 Å². The highest BCUT2D eigenvalue weighted by molar-refractivity contribution is 5.57. The number of benzene rings is 1. The molecule has 1 aromatic carbocycles. The van der Waals surface area contributed by atoms with Crippen LogP contribution in [0.5, 0.6) is 0 Å². The SMILES string of the molecule is COCn1cc(C(F)(F)F)nc1-c1ccc(C#N)cc1. The van der Waals surface area contributed by atoms with Crippen LogP contribution in [0, 0.1) is 11.3 Å². The van der Waals surface area contributed by atoms with Crippen LogP contribution in [-0.2, 0) is 17.6 Å². The standard InChI is InChI=1S/C13H10F3N3O/c1-20-8-19-7-11(13(14,15)16)18-12(19)10-4-2-9(6-17)3-5-10/h2-5,7H,8H2,1H3. The minimum Gasteiger partial charge on any atom is -0.364 e. The molecule has 0 radical (unpaired) electrons. The fourth-order valence-corrected chi connectivity index (χ4v) is 1.71. The van der Waals surface area contributed by atoms with Crippen LogP contribution in [0.1, 0.15) is 11.3 Å². The summed E-state index contributed by atoms with van der Waals surface area (Å²) in [5.74, 6) is 0.142. The average Bonchev–Trinajstić information content (AvgIpc) is 2.83. The highest BCUT2D eigenvalue weighted by Crippen LogP contribution is 2.31. The Morgan fingerprint density at radius 3 is 2.45 bits per heavy atom. The van der Waals surface area contributed by atoms with Gasteiger partial charge in [0.25, 0.3) is 0 Å². The number of hydrogen-bond acceptors (Lipinski definition) is 3. The molecule has 0 aliphatic rings. The fraction of sp³-hybridized carbons (Fsp3) is 0.231. The number of nitriles is 1.